The Morgan fingerprint density at radius 3 is 2.22 bits per heavy atom. The molecule has 0 saturated heterocycles. The fourth-order valence-electron chi connectivity index (χ4n) is 1.96. The maximum Gasteiger partial charge on any atom is 0.322 e. The fraction of sp³-hybridized carbons (Fsp3) is 0.562. The summed E-state index contributed by atoms with van der Waals surface area (Å²) in [6, 6.07) is 5.85. The van der Waals surface area contributed by atoms with Gasteiger partial charge in [0.2, 0.25) is 10.0 Å². The second-order valence-electron chi connectivity index (χ2n) is 5.94. The minimum atomic E-state index is -3.60. The highest BCUT2D eigenvalue weighted by Gasteiger charge is 2.24. The number of hydrogen-bond acceptors (Lipinski definition) is 5. The lowest BCUT2D eigenvalue weighted by Crippen LogP contribution is -2.48. The number of aryl methyl sites for hydroxylation is 1. The summed E-state index contributed by atoms with van der Waals surface area (Å²) in [6.07, 6.45) is 0. The Kier molecular flexibility index (Phi) is 7.18. The summed E-state index contributed by atoms with van der Waals surface area (Å²) in [5.41, 5.74) is 0.998. The summed E-state index contributed by atoms with van der Waals surface area (Å²) in [7, 11) is -2.28. The van der Waals surface area contributed by atoms with Gasteiger partial charge in [0.1, 0.15) is 6.04 Å². The van der Waals surface area contributed by atoms with Crippen LogP contribution in [0.1, 0.15) is 26.3 Å². The van der Waals surface area contributed by atoms with E-state index in [1.165, 1.54) is 7.11 Å². The average Bonchev–Trinajstić information content (AvgIpc) is 2.50. The van der Waals surface area contributed by atoms with Gasteiger partial charge in [-0.3, -0.25) is 4.79 Å². The Labute approximate surface area is 138 Å². The summed E-state index contributed by atoms with van der Waals surface area (Å²) >= 11 is 0. The van der Waals surface area contributed by atoms with Crippen LogP contribution in [0.15, 0.2) is 29.2 Å². The van der Waals surface area contributed by atoms with Crippen molar-refractivity contribution in [2.24, 2.45) is 5.92 Å². The summed E-state index contributed by atoms with van der Waals surface area (Å²) < 4.78 is 32.3. The van der Waals surface area contributed by atoms with Gasteiger partial charge in [-0.25, -0.2) is 13.1 Å². The summed E-state index contributed by atoms with van der Waals surface area (Å²) in [5, 5.41) is 3.00. The average molecular weight is 342 g/mol. The third-order valence-electron chi connectivity index (χ3n) is 3.64. The zero-order valence-corrected chi connectivity index (χ0v) is 15.1. The zero-order valence-electron chi connectivity index (χ0n) is 14.3. The molecule has 1 aromatic rings. The first-order chi connectivity index (χ1) is 10.7. The first-order valence-electron chi connectivity index (χ1n) is 7.57. The van der Waals surface area contributed by atoms with Crippen molar-refractivity contribution in [3.8, 4) is 0 Å². The molecule has 1 aromatic carbocycles. The van der Waals surface area contributed by atoms with Gasteiger partial charge in [-0.15, -0.1) is 0 Å². The van der Waals surface area contributed by atoms with Crippen molar-refractivity contribution in [3.05, 3.63) is 29.8 Å². The molecule has 2 N–H and O–H groups in total. The zero-order chi connectivity index (χ0) is 17.6. The summed E-state index contributed by atoms with van der Waals surface area (Å²) in [5.74, 6) is -0.318. The maximum atomic E-state index is 12.5. The minimum Gasteiger partial charge on any atom is -0.468 e. The van der Waals surface area contributed by atoms with E-state index in [2.05, 4.69) is 14.8 Å². The molecule has 1 rings (SSSR count). The van der Waals surface area contributed by atoms with Crippen molar-refractivity contribution in [1.82, 2.24) is 10.0 Å². The van der Waals surface area contributed by atoms with Crippen molar-refractivity contribution in [2.45, 2.75) is 44.7 Å². The number of rotatable bonds is 8. The number of esters is 1. The van der Waals surface area contributed by atoms with E-state index in [1.807, 2.05) is 20.8 Å². The quantitative estimate of drug-likeness (QED) is 0.699. The molecule has 0 spiro atoms. The molecule has 0 unspecified atom stereocenters. The lowest BCUT2D eigenvalue weighted by molar-refractivity contribution is -0.142. The largest absolute Gasteiger partial charge is 0.468 e. The van der Waals surface area contributed by atoms with Gasteiger partial charge in [-0.2, -0.15) is 0 Å². The number of methoxy groups -OCH3 is 1. The molecule has 0 saturated carbocycles. The van der Waals surface area contributed by atoms with E-state index in [4.69, 9.17) is 0 Å². The van der Waals surface area contributed by atoms with Crippen molar-refractivity contribution < 1.29 is 17.9 Å². The molecule has 0 amide bonds. The first kappa shape index (κ1) is 19.6. The van der Waals surface area contributed by atoms with Crippen LogP contribution in [-0.2, 0) is 19.6 Å². The number of ether oxygens (including phenoxy) is 1. The van der Waals surface area contributed by atoms with Crippen LogP contribution in [0.5, 0.6) is 0 Å². The second kappa shape index (κ2) is 8.42. The normalized spacial score (nSPS) is 14.5. The predicted molar refractivity (Wildman–Crippen MR) is 89.6 cm³/mol. The van der Waals surface area contributed by atoms with E-state index in [1.54, 1.807) is 31.2 Å². The number of nitrogens with one attached hydrogen (secondary N) is 2. The van der Waals surface area contributed by atoms with Gasteiger partial charge in [0.05, 0.1) is 12.0 Å². The smallest absolute Gasteiger partial charge is 0.322 e. The van der Waals surface area contributed by atoms with E-state index >= 15 is 0 Å². The van der Waals surface area contributed by atoms with Crippen LogP contribution < -0.4 is 10.0 Å². The van der Waals surface area contributed by atoms with Crippen LogP contribution in [0.25, 0.3) is 0 Å². The molecule has 0 aliphatic carbocycles. The van der Waals surface area contributed by atoms with E-state index in [0.29, 0.717) is 6.54 Å². The molecule has 7 heteroatoms. The van der Waals surface area contributed by atoms with Crippen LogP contribution in [0.4, 0.5) is 0 Å². The number of benzene rings is 1. The molecular weight excluding hydrogens is 316 g/mol. The lowest BCUT2D eigenvalue weighted by atomic mass is 10.1. The molecule has 130 valence electrons. The van der Waals surface area contributed by atoms with Crippen LogP contribution in [0, 0.1) is 12.8 Å². The van der Waals surface area contributed by atoms with Gasteiger partial charge in [-0.05, 0) is 31.9 Å². The minimum absolute atomic E-state index is 0.0626. The number of carbonyl (C=O) groups is 1. The Morgan fingerprint density at radius 2 is 1.74 bits per heavy atom. The van der Waals surface area contributed by atoms with Crippen LogP contribution in [0.3, 0.4) is 0 Å². The molecule has 0 aliphatic rings. The number of hydrogen-bond donors (Lipinski definition) is 2. The molecule has 2 atom stereocenters. The second-order valence-corrected chi connectivity index (χ2v) is 7.65. The lowest BCUT2D eigenvalue weighted by Gasteiger charge is -2.24. The number of carbonyl (C=O) groups excluding carboxylic acids is 1. The Hall–Kier alpha value is -1.44. The molecule has 6 nitrogen and oxygen atoms in total. The Morgan fingerprint density at radius 1 is 1.17 bits per heavy atom. The van der Waals surface area contributed by atoms with Gasteiger partial charge in [-0.1, -0.05) is 31.5 Å². The third kappa shape index (κ3) is 5.93. The molecular formula is C16H26N2O4S. The molecule has 0 aromatic heterocycles. The molecule has 0 radical (unpaired) electrons. The highest BCUT2D eigenvalue weighted by Crippen LogP contribution is 2.12. The summed E-state index contributed by atoms with van der Waals surface area (Å²) in [4.78, 5) is 11.6. The molecule has 0 bridgehead atoms. The van der Waals surface area contributed by atoms with Crippen molar-refractivity contribution in [3.63, 3.8) is 0 Å². The highest BCUT2D eigenvalue weighted by molar-refractivity contribution is 7.89. The molecule has 23 heavy (non-hydrogen) atoms. The van der Waals surface area contributed by atoms with Gasteiger partial charge < -0.3 is 10.1 Å². The Bertz CT molecular complexity index is 611. The topological polar surface area (TPSA) is 84.5 Å². The van der Waals surface area contributed by atoms with Gasteiger partial charge >= 0.3 is 5.97 Å². The van der Waals surface area contributed by atoms with Gasteiger partial charge in [0, 0.05) is 12.6 Å². The molecule has 0 aliphatic heterocycles. The van der Waals surface area contributed by atoms with Gasteiger partial charge in [0.15, 0.2) is 0 Å². The van der Waals surface area contributed by atoms with Gasteiger partial charge in [0.25, 0.3) is 0 Å². The van der Waals surface area contributed by atoms with Crippen molar-refractivity contribution >= 4 is 16.0 Å². The van der Waals surface area contributed by atoms with E-state index in [0.717, 1.165) is 5.56 Å². The van der Waals surface area contributed by atoms with E-state index in [9.17, 15) is 13.2 Å². The highest BCUT2D eigenvalue weighted by atomic mass is 32.2. The maximum absolute atomic E-state index is 12.5. The molecule has 0 heterocycles. The number of sulfonamides is 1. The van der Waals surface area contributed by atoms with Crippen LogP contribution in [-0.4, -0.2) is 40.1 Å². The van der Waals surface area contributed by atoms with E-state index < -0.39 is 16.1 Å². The van der Waals surface area contributed by atoms with Crippen molar-refractivity contribution in [2.75, 3.05) is 13.7 Å². The first-order valence-corrected chi connectivity index (χ1v) is 9.06. The van der Waals surface area contributed by atoms with E-state index in [-0.39, 0.29) is 22.8 Å². The SMILES string of the molecule is COC(=O)[C@H](C)NC[C@@H](NS(=O)(=O)c1ccc(C)cc1)C(C)C. The summed E-state index contributed by atoms with van der Waals surface area (Å²) in [6.45, 7) is 7.76. The fourth-order valence-corrected chi connectivity index (χ4v) is 3.35. The van der Waals surface area contributed by atoms with Crippen LogP contribution in [0.2, 0.25) is 0 Å². The third-order valence-corrected chi connectivity index (χ3v) is 5.15. The Balaban J connectivity index is 2.79. The van der Waals surface area contributed by atoms with Crippen LogP contribution >= 0.6 is 0 Å². The predicted octanol–water partition coefficient (Wildman–Crippen LogP) is 1.45. The standard InChI is InChI=1S/C16H26N2O4S/c1-11(2)15(10-17-13(4)16(19)22-5)18-23(20,21)14-8-6-12(3)7-9-14/h6-9,11,13,15,17-18H,10H2,1-5H3/t13-,15+/m0/s1. The monoisotopic (exact) mass is 342 g/mol. The van der Waals surface area contributed by atoms with Crippen molar-refractivity contribution in [1.29, 1.82) is 0 Å². The molecule has 0 fully saturated rings.